The Morgan fingerprint density at radius 2 is 2.04 bits per heavy atom. The molecule has 0 atom stereocenters. The first kappa shape index (κ1) is 16.0. The van der Waals surface area contributed by atoms with Gasteiger partial charge in [-0.2, -0.15) is 0 Å². The minimum Gasteiger partial charge on any atom is -0.508 e. The number of aromatic nitrogens is 1. The Morgan fingerprint density at radius 1 is 1.25 bits per heavy atom. The van der Waals surface area contributed by atoms with E-state index in [2.05, 4.69) is 10.3 Å². The van der Waals surface area contributed by atoms with Crippen LogP contribution in [0.15, 0.2) is 54.7 Å². The van der Waals surface area contributed by atoms with E-state index >= 15 is 0 Å². The molecule has 0 saturated heterocycles. The molecule has 3 aromatic rings. The summed E-state index contributed by atoms with van der Waals surface area (Å²) in [4.78, 5) is 17.1. The Hall–Kier alpha value is -2.86. The number of nitrogens with one attached hydrogen (secondary N) is 1. The fraction of sp³-hybridized carbons (Fsp3) is 0.111. The van der Waals surface area contributed by atoms with Crippen molar-refractivity contribution in [2.75, 3.05) is 7.11 Å². The number of ether oxygens (including phenoxy) is 1. The van der Waals surface area contributed by atoms with Crippen molar-refractivity contribution >= 4 is 17.2 Å². The van der Waals surface area contributed by atoms with Crippen LogP contribution in [-0.4, -0.2) is 23.1 Å². The first-order valence-corrected chi connectivity index (χ1v) is 8.14. The van der Waals surface area contributed by atoms with E-state index in [-0.39, 0.29) is 11.7 Å². The third-order valence-electron chi connectivity index (χ3n) is 3.43. The molecule has 122 valence electrons. The van der Waals surface area contributed by atoms with Crippen molar-refractivity contribution in [1.29, 1.82) is 0 Å². The van der Waals surface area contributed by atoms with E-state index < -0.39 is 0 Å². The maximum Gasteiger partial charge on any atom is 0.263 e. The molecule has 2 aromatic carbocycles. The quantitative estimate of drug-likeness (QED) is 0.746. The average molecular weight is 340 g/mol. The predicted molar refractivity (Wildman–Crippen MR) is 93.4 cm³/mol. The normalized spacial score (nSPS) is 10.4. The summed E-state index contributed by atoms with van der Waals surface area (Å²) in [6.07, 6.45) is 1.57. The number of carbonyl (C=O) groups excluding carboxylic acids is 1. The monoisotopic (exact) mass is 340 g/mol. The molecule has 24 heavy (non-hydrogen) atoms. The zero-order valence-corrected chi connectivity index (χ0v) is 13.8. The van der Waals surface area contributed by atoms with Crippen LogP contribution < -0.4 is 10.1 Å². The number of hydrogen-bond donors (Lipinski definition) is 2. The van der Waals surface area contributed by atoms with Gasteiger partial charge in [0.2, 0.25) is 0 Å². The Kier molecular flexibility index (Phi) is 4.77. The lowest BCUT2D eigenvalue weighted by atomic mass is 10.2. The number of hydrogen-bond acceptors (Lipinski definition) is 5. The summed E-state index contributed by atoms with van der Waals surface area (Å²) < 4.78 is 5.13. The molecule has 0 bridgehead atoms. The highest BCUT2D eigenvalue weighted by atomic mass is 32.1. The third kappa shape index (κ3) is 3.72. The second kappa shape index (κ2) is 7.14. The number of phenols is 1. The van der Waals surface area contributed by atoms with Crippen LogP contribution in [0.2, 0.25) is 0 Å². The van der Waals surface area contributed by atoms with Gasteiger partial charge in [-0.25, -0.2) is 4.98 Å². The van der Waals surface area contributed by atoms with Gasteiger partial charge in [0.1, 0.15) is 21.4 Å². The zero-order valence-electron chi connectivity index (χ0n) is 13.0. The van der Waals surface area contributed by atoms with Gasteiger partial charge in [-0.1, -0.05) is 12.1 Å². The number of amides is 1. The van der Waals surface area contributed by atoms with Crippen molar-refractivity contribution in [1.82, 2.24) is 10.3 Å². The molecule has 1 amide bonds. The summed E-state index contributed by atoms with van der Waals surface area (Å²) in [5, 5.41) is 13.0. The molecule has 0 aliphatic carbocycles. The molecule has 0 fully saturated rings. The van der Waals surface area contributed by atoms with Gasteiger partial charge in [0.15, 0.2) is 0 Å². The van der Waals surface area contributed by atoms with Crippen molar-refractivity contribution in [2.45, 2.75) is 6.54 Å². The summed E-state index contributed by atoms with van der Waals surface area (Å²) >= 11 is 1.33. The lowest BCUT2D eigenvalue weighted by molar-refractivity contribution is 0.0954. The van der Waals surface area contributed by atoms with Crippen LogP contribution >= 0.6 is 11.3 Å². The summed E-state index contributed by atoms with van der Waals surface area (Å²) in [6, 6.07) is 14.3. The number of nitrogens with zero attached hydrogens (tertiary/aromatic N) is 1. The van der Waals surface area contributed by atoms with Crippen molar-refractivity contribution in [3.63, 3.8) is 0 Å². The molecule has 2 N–H and O–H groups in total. The Labute approximate surface area is 143 Å². The molecule has 5 nitrogen and oxygen atoms in total. The van der Waals surface area contributed by atoms with E-state index in [0.29, 0.717) is 11.4 Å². The number of phenolic OH excluding ortho intramolecular Hbond substituents is 1. The number of benzene rings is 2. The van der Waals surface area contributed by atoms with E-state index in [1.807, 2.05) is 30.3 Å². The van der Waals surface area contributed by atoms with E-state index in [0.717, 1.165) is 21.9 Å². The van der Waals surface area contributed by atoms with E-state index in [4.69, 9.17) is 4.74 Å². The van der Waals surface area contributed by atoms with Gasteiger partial charge < -0.3 is 15.2 Å². The minimum atomic E-state index is -0.185. The second-order valence-electron chi connectivity index (χ2n) is 5.11. The molecule has 1 heterocycles. The predicted octanol–water partition coefficient (Wildman–Crippen LogP) is 3.45. The van der Waals surface area contributed by atoms with Gasteiger partial charge >= 0.3 is 0 Å². The van der Waals surface area contributed by atoms with Gasteiger partial charge in [0, 0.05) is 12.1 Å². The highest BCUT2D eigenvalue weighted by Gasteiger charge is 2.11. The fourth-order valence-electron chi connectivity index (χ4n) is 2.18. The Bertz CT molecular complexity index is 843. The second-order valence-corrected chi connectivity index (χ2v) is 6.14. The molecule has 0 aliphatic heterocycles. The first-order valence-electron chi connectivity index (χ1n) is 7.32. The lowest BCUT2D eigenvalue weighted by Gasteiger charge is -2.04. The van der Waals surface area contributed by atoms with E-state index in [1.165, 1.54) is 11.3 Å². The van der Waals surface area contributed by atoms with Crippen LogP contribution in [0.5, 0.6) is 11.5 Å². The summed E-state index contributed by atoms with van der Waals surface area (Å²) in [7, 11) is 1.62. The van der Waals surface area contributed by atoms with Gasteiger partial charge in [-0.15, -0.1) is 11.3 Å². The molecule has 3 rings (SSSR count). The number of carbonyl (C=O) groups is 1. The average Bonchev–Trinajstić information content (AvgIpc) is 3.10. The molecule has 0 saturated carbocycles. The van der Waals surface area contributed by atoms with Crippen LogP contribution in [-0.2, 0) is 6.54 Å². The largest absolute Gasteiger partial charge is 0.508 e. The van der Waals surface area contributed by atoms with Gasteiger partial charge in [-0.05, 0) is 42.0 Å². The maximum absolute atomic E-state index is 12.2. The number of methoxy groups -OCH3 is 1. The molecule has 0 unspecified atom stereocenters. The highest BCUT2D eigenvalue weighted by Crippen LogP contribution is 2.26. The van der Waals surface area contributed by atoms with E-state index in [9.17, 15) is 9.90 Å². The topological polar surface area (TPSA) is 71.5 Å². The van der Waals surface area contributed by atoms with Gasteiger partial charge in [-0.3, -0.25) is 4.79 Å². The van der Waals surface area contributed by atoms with Crippen molar-refractivity contribution in [3.05, 3.63) is 65.2 Å². The summed E-state index contributed by atoms with van der Waals surface area (Å²) in [6.45, 7) is 0.350. The lowest BCUT2D eigenvalue weighted by Crippen LogP contribution is -2.21. The first-order chi connectivity index (χ1) is 11.7. The van der Waals surface area contributed by atoms with Crippen molar-refractivity contribution in [3.8, 4) is 22.1 Å². The van der Waals surface area contributed by atoms with Gasteiger partial charge in [0.25, 0.3) is 5.91 Å². The third-order valence-corrected chi connectivity index (χ3v) is 4.48. The van der Waals surface area contributed by atoms with Crippen LogP contribution in [0.4, 0.5) is 0 Å². The molecule has 1 aromatic heterocycles. The Balaban J connectivity index is 1.66. The minimum absolute atomic E-state index is 0.182. The summed E-state index contributed by atoms with van der Waals surface area (Å²) in [5.74, 6) is 0.774. The van der Waals surface area contributed by atoms with Crippen molar-refractivity contribution in [2.24, 2.45) is 0 Å². The molecular weight excluding hydrogens is 324 g/mol. The van der Waals surface area contributed by atoms with E-state index in [1.54, 1.807) is 31.5 Å². The molecule has 0 aliphatic rings. The Morgan fingerprint density at radius 3 is 2.75 bits per heavy atom. The van der Waals surface area contributed by atoms with Crippen molar-refractivity contribution < 1.29 is 14.6 Å². The SMILES string of the molecule is COc1ccc(-c2ncc(C(=O)NCc3cccc(O)c3)s2)cc1. The van der Waals surface area contributed by atoms with Gasteiger partial charge in [0.05, 0.1) is 13.3 Å². The summed E-state index contributed by atoms with van der Waals surface area (Å²) in [5.41, 5.74) is 1.77. The zero-order chi connectivity index (χ0) is 16.9. The standard InChI is InChI=1S/C18H16N2O3S/c1-23-15-7-5-13(6-8-15)18-20-11-16(24-18)17(22)19-10-12-3-2-4-14(21)9-12/h2-9,11,21H,10H2,1H3,(H,19,22). The maximum atomic E-state index is 12.2. The fourth-order valence-corrected chi connectivity index (χ4v) is 3.02. The van der Waals surface area contributed by atoms with Crippen LogP contribution in [0.1, 0.15) is 15.2 Å². The smallest absolute Gasteiger partial charge is 0.263 e. The highest BCUT2D eigenvalue weighted by molar-refractivity contribution is 7.16. The van der Waals surface area contributed by atoms with Crippen LogP contribution in [0.25, 0.3) is 10.6 Å². The van der Waals surface area contributed by atoms with Crippen LogP contribution in [0.3, 0.4) is 0 Å². The molecule has 6 heteroatoms. The molecular formula is C18H16N2O3S. The molecule has 0 radical (unpaired) electrons. The van der Waals surface area contributed by atoms with Crippen LogP contribution in [0, 0.1) is 0 Å². The molecule has 0 spiro atoms. The number of thiazole rings is 1. The number of aromatic hydroxyl groups is 1. The number of rotatable bonds is 5.